The van der Waals surface area contributed by atoms with Crippen molar-refractivity contribution in [3.63, 3.8) is 0 Å². The molecule has 1 atom stereocenters. The van der Waals surface area contributed by atoms with E-state index in [4.69, 9.17) is 0 Å². The van der Waals surface area contributed by atoms with Gasteiger partial charge in [-0.3, -0.25) is 9.69 Å². The Bertz CT molecular complexity index is 699. The Morgan fingerprint density at radius 3 is 2.62 bits per heavy atom. The lowest BCUT2D eigenvalue weighted by molar-refractivity contribution is -0.125. The van der Waals surface area contributed by atoms with E-state index in [0.717, 1.165) is 36.0 Å². The van der Waals surface area contributed by atoms with Crippen LogP contribution in [0.4, 0.5) is 4.39 Å². The zero-order valence-corrected chi connectivity index (χ0v) is 12.8. The fourth-order valence-corrected chi connectivity index (χ4v) is 3.91. The molecule has 8 heteroatoms. The highest BCUT2D eigenvalue weighted by Gasteiger charge is 2.35. The number of hydrogen-bond acceptors (Lipinski definition) is 4. The van der Waals surface area contributed by atoms with Crippen LogP contribution in [0.5, 0.6) is 0 Å². The maximum Gasteiger partial charge on any atom is 0.284 e. The van der Waals surface area contributed by atoms with Gasteiger partial charge in [-0.25, -0.2) is 4.39 Å². The summed E-state index contributed by atoms with van der Waals surface area (Å²) in [5.74, 6) is -0.748. The average Bonchev–Trinajstić information content (AvgIpc) is 2.67. The first-order valence-electron chi connectivity index (χ1n) is 6.04. The predicted molar refractivity (Wildman–Crippen MR) is 80.0 cm³/mol. The van der Waals surface area contributed by atoms with Crippen LogP contribution in [-0.4, -0.2) is 36.2 Å². The van der Waals surface area contributed by atoms with Gasteiger partial charge in [0, 0.05) is 6.54 Å². The number of nitrogens with zero attached hydrogens (tertiary/aromatic N) is 2. The minimum Gasteiger partial charge on any atom is -0.286 e. The van der Waals surface area contributed by atoms with E-state index in [1.807, 2.05) is 0 Å². The number of benzene rings is 1. The van der Waals surface area contributed by atoms with Crippen LogP contribution in [0.25, 0.3) is 0 Å². The summed E-state index contributed by atoms with van der Waals surface area (Å²) in [6.07, 6.45) is 1.50. The van der Waals surface area contributed by atoms with Crippen molar-refractivity contribution in [2.75, 3.05) is 6.54 Å². The fraction of sp³-hybridized carbons (Fsp3) is 0.231. The highest BCUT2D eigenvalue weighted by Crippen LogP contribution is 2.28. The zero-order chi connectivity index (χ0) is 15.6. The molecule has 5 nitrogen and oxygen atoms in total. The smallest absolute Gasteiger partial charge is 0.284 e. The number of amidine groups is 1. The lowest BCUT2D eigenvalue weighted by atomic mass is 10.4. The maximum atomic E-state index is 12.8. The van der Waals surface area contributed by atoms with E-state index in [1.165, 1.54) is 11.0 Å². The molecule has 1 amide bonds. The lowest BCUT2D eigenvalue weighted by Gasteiger charge is -2.13. The largest absolute Gasteiger partial charge is 0.286 e. The molecular weight excluding hydrogens is 315 g/mol. The van der Waals surface area contributed by atoms with Crippen molar-refractivity contribution in [3.8, 4) is 0 Å². The van der Waals surface area contributed by atoms with Crippen LogP contribution in [0.3, 0.4) is 0 Å². The minimum atomic E-state index is -3.99. The first kappa shape index (κ1) is 15.7. The normalized spacial score (nSPS) is 21.0. The zero-order valence-electron chi connectivity index (χ0n) is 11.2. The number of rotatable bonds is 4. The van der Waals surface area contributed by atoms with Gasteiger partial charge in [0.25, 0.3) is 10.0 Å². The standard InChI is InChI=1S/C13H13FN2O3S2/c1-3-8-16-12(17)9(2)20-13(16)15-21(18,19)11-6-4-10(14)5-7-11/h3-7,9H,1,8H2,2H3. The molecule has 0 N–H and O–H groups in total. The Balaban J connectivity index is 2.39. The number of hydrogen-bond donors (Lipinski definition) is 0. The van der Waals surface area contributed by atoms with Gasteiger partial charge in [-0.05, 0) is 31.2 Å². The number of sulfonamides is 1. The molecule has 21 heavy (non-hydrogen) atoms. The number of halogens is 1. The van der Waals surface area contributed by atoms with Crippen LogP contribution in [0.2, 0.25) is 0 Å². The van der Waals surface area contributed by atoms with E-state index in [0.29, 0.717) is 0 Å². The molecule has 1 saturated heterocycles. The van der Waals surface area contributed by atoms with Gasteiger partial charge in [-0.1, -0.05) is 17.8 Å². The molecule has 1 aromatic rings. The van der Waals surface area contributed by atoms with Gasteiger partial charge in [-0.2, -0.15) is 8.42 Å². The van der Waals surface area contributed by atoms with E-state index in [1.54, 1.807) is 6.92 Å². The summed E-state index contributed by atoms with van der Waals surface area (Å²) in [6.45, 7) is 5.40. The Morgan fingerprint density at radius 1 is 1.43 bits per heavy atom. The molecule has 112 valence electrons. The Labute approximate surface area is 126 Å². The quantitative estimate of drug-likeness (QED) is 0.793. The highest BCUT2D eigenvalue weighted by molar-refractivity contribution is 8.16. The summed E-state index contributed by atoms with van der Waals surface area (Å²) >= 11 is 1.07. The van der Waals surface area contributed by atoms with E-state index in [9.17, 15) is 17.6 Å². The SMILES string of the molecule is C=CCN1C(=O)C(C)SC1=NS(=O)(=O)c1ccc(F)cc1. The van der Waals surface area contributed by atoms with Crippen LogP contribution in [0, 0.1) is 5.82 Å². The number of amides is 1. The van der Waals surface area contributed by atoms with Gasteiger partial charge in [0.05, 0.1) is 10.1 Å². The third-order valence-corrected chi connectivity index (χ3v) is 5.22. The lowest BCUT2D eigenvalue weighted by Crippen LogP contribution is -2.31. The predicted octanol–water partition coefficient (Wildman–Crippen LogP) is 2.02. The third-order valence-electron chi connectivity index (χ3n) is 2.75. The molecule has 0 saturated carbocycles. The molecule has 1 fully saturated rings. The topological polar surface area (TPSA) is 66.8 Å². The molecule has 2 rings (SSSR count). The van der Waals surface area contributed by atoms with E-state index < -0.39 is 21.1 Å². The second kappa shape index (κ2) is 5.98. The first-order valence-corrected chi connectivity index (χ1v) is 8.36. The number of thioether (sulfide) groups is 1. The molecular formula is C13H13FN2O3S2. The summed E-state index contributed by atoms with van der Waals surface area (Å²) in [5.41, 5.74) is 0. The maximum absolute atomic E-state index is 12.8. The van der Waals surface area contributed by atoms with Crippen molar-refractivity contribution in [1.29, 1.82) is 0 Å². The summed E-state index contributed by atoms with van der Waals surface area (Å²) in [6, 6.07) is 4.36. The van der Waals surface area contributed by atoms with E-state index in [-0.39, 0.29) is 22.5 Å². The summed E-state index contributed by atoms with van der Waals surface area (Å²) < 4.78 is 40.9. The van der Waals surface area contributed by atoms with Gasteiger partial charge in [0.15, 0.2) is 5.17 Å². The van der Waals surface area contributed by atoms with Gasteiger partial charge in [0.1, 0.15) is 5.82 Å². The van der Waals surface area contributed by atoms with Crippen molar-refractivity contribution in [3.05, 3.63) is 42.7 Å². The van der Waals surface area contributed by atoms with Gasteiger partial charge in [0.2, 0.25) is 5.91 Å². The van der Waals surface area contributed by atoms with Crippen molar-refractivity contribution in [2.24, 2.45) is 4.40 Å². The average molecular weight is 328 g/mol. The second-order valence-electron chi connectivity index (χ2n) is 4.30. The van der Waals surface area contributed by atoms with Crippen molar-refractivity contribution in [2.45, 2.75) is 17.1 Å². The summed E-state index contributed by atoms with van der Waals surface area (Å²) in [5, 5.41) is -0.288. The fourth-order valence-electron chi connectivity index (χ4n) is 1.72. The molecule has 1 unspecified atom stereocenters. The molecule has 0 bridgehead atoms. The first-order chi connectivity index (χ1) is 9.85. The van der Waals surface area contributed by atoms with E-state index in [2.05, 4.69) is 11.0 Å². The second-order valence-corrected chi connectivity index (χ2v) is 7.21. The Morgan fingerprint density at radius 2 is 2.05 bits per heavy atom. The van der Waals surface area contributed by atoms with Crippen LogP contribution in [-0.2, 0) is 14.8 Å². The molecule has 1 heterocycles. The van der Waals surface area contributed by atoms with Gasteiger partial charge >= 0.3 is 0 Å². The van der Waals surface area contributed by atoms with E-state index >= 15 is 0 Å². The van der Waals surface area contributed by atoms with Crippen LogP contribution >= 0.6 is 11.8 Å². The van der Waals surface area contributed by atoms with Crippen LogP contribution in [0.15, 0.2) is 46.2 Å². The molecule has 0 radical (unpaired) electrons. The molecule has 0 aliphatic carbocycles. The van der Waals surface area contributed by atoms with Crippen molar-refractivity contribution in [1.82, 2.24) is 4.90 Å². The van der Waals surface area contributed by atoms with Crippen LogP contribution in [0.1, 0.15) is 6.92 Å². The highest BCUT2D eigenvalue weighted by atomic mass is 32.2. The molecule has 0 spiro atoms. The number of carbonyl (C=O) groups is 1. The van der Waals surface area contributed by atoms with Crippen LogP contribution < -0.4 is 0 Å². The molecule has 1 aromatic carbocycles. The van der Waals surface area contributed by atoms with Crippen molar-refractivity contribution < 1.29 is 17.6 Å². The Kier molecular flexibility index (Phi) is 4.48. The van der Waals surface area contributed by atoms with Gasteiger partial charge in [-0.15, -0.1) is 11.0 Å². The summed E-state index contributed by atoms with van der Waals surface area (Å²) in [4.78, 5) is 13.0. The monoisotopic (exact) mass is 328 g/mol. The van der Waals surface area contributed by atoms with Crippen molar-refractivity contribution >= 4 is 32.9 Å². The third kappa shape index (κ3) is 3.33. The molecule has 1 aliphatic heterocycles. The molecule has 1 aliphatic rings. The molecule has 0 aromatic heterocycles. The summed E-state index contributed by atoms with van der Waals surface area (Å²) in [7, 11) is -3.99. The number of carbonyl (C=O) groups excluding carboxylic acids is 1. The Hall–Kier alpha value is -1.67. The van der Waals surface area contributed by atoms with Gasteiger partial charge < -0.3 is 0 Å². The minimum absolute atomic E-state index is 0.108.